The number of rotatable bonds is 2. The van der Waals surface area contributed by atoms with E-state index in [-0.39, 0.29) is 5.82 Å². The van der Waals surface area contributed by atoms with Gasteiger partial charge in [-0.2, -0.15) is 18.3 Å². The zero-order chi connectivity index (χ0) is 11.8. The van der Waals surface area contributed by atoms with E-state index in [1.54, 1.807) is 6.92 Å². The van der Waals surface area contributed by atoms with E-state index in [0.717, 1.165) is 11.0 Å². The van der Waals surface area contributed by atoms with Gasteiger partial charge < -0.3 is 4.98 Å². The van der Waals surface area contributed by atoms with E-state index < -0.39 is 12.7 Å². The van der Waals surface area contributed by atoms with E-state index in [9.17, 15) is 13.2 Å². The zero-order valence-corrected chi connectivity index (χ0v) is 8.28. The summed E-state index contributed by atoms with van der Waals surface area (Å²) in [6, 6.07) is 0. The van der Waals surface area contributed by atoms with Crippen molar-refractivity contribution in [3.05, 3.63) is 18.3 Å². The second kappa shape index (κ2) is 3.62. The van der Waals surface area contributed by atoms with Crippen molar-refractivity contribution in [1.82, 2.24) is 24.7 Å². The number of aromatic amines is 1. The maximum atomic E-state index is 12.2. The Morgan fingerprint density at radius 3 is 2.69 bits per heavy atom. The van der Waals surface area contributed by atoms with E-state index in [1.807, 2.05) is 0 Å². The van der Waals surface area contributed by atoms with Gasteiger partial charge in [0.1, 0.15) is 24.4 Å². The van der Waals surface area contributed by atoms with E-state index in [1.165, 1.54) is 6.20 Å². The van der Waals surface area contributed by atoms with Crippen LogP contribution in [0, 0.1) is 6.92 Å². The van der Waals surface area contributed by atoms with Gasteiger partial charge in [0.25, 0.3) is 0 Å². The van der Waals surface area contributed by atoms with Gasteiger partial charge in [0.05, 0.1) is 6.20 Å². The number of alkyl halides is 3. The predicted octanol–water partition coefficient (Wildman–Crippen LogP) is 1.54. The summed E-state index contributed by atoms with van der Waals surface area (Å²) in [5, 5.41) is 3.52. The Bertz CT molecular complexity index is 484. The molecule has 8 heteroatoms. The molecule has 0 radical (unpaired) electrons. The van der Waals surface area contributed by atoms with Crippen LogP contribution < -0.4 is 0 Å². The summed E-state index contributed by atoms with van der Waals surface area (Å²) >= 11 is 0. The first-order valence-electron chi connectivity index (χ1n) is 4.42. The maximum absolute atomic E-state index is 12.2. The molecule has 0 aliphatic heterocycles. The second-order valence-corrected chi connectivity index (χ2v) is 3.24. The highest BCUT2D eigenvalue weighted by Gasteiger charge is 2.30. The van der Waals surface area contributed by atoms with Crippen LogP contribution in [0.5, 0.6) is 0 Å². The van der Waals surface area contributed by atoms with Gasteiger partial charge in [0.2, 0.25) is 0 Å². The number of H-pyrrole nitrogens is 1. The molecule has 0 aliphatic rings. The smallest absolute Gasteiger partial charge is 0.340 e. The predicted molar refractivity (Wildman–Crippen MR) is 48.4 cm³/mol. The summed E-state index contributed by atoms with van der Waals surface area (Å²) in [5.74, 6) is 0.731. The Kier molecular flexibility index (Phi) is 2.41. The van der Waals surface area contributed by atoms with Crippen molar-refractivity contribution in [1.29, 1.82) is 0 Å². The standard InChI is InChI=1S/C8H8F3N5/c1-5-12-2-6(15-5)7-13-4-14-16(7)3-8(9,10)11/h2,4H,3H2,1H3,(H,12,15). The SMILES string of the molecule is Cc1ncc(-c2ncnn2CC(F)(F)F)[nH]1. The van der Waals surface area contributed by atoms with Crippen molar-refractivity contribution < 1.29 is 13.2 Å². The number of aryl methyl sites for hydroxylation is 1. The maximum Gasteiger partial charge on any atom is 0.408 e. The molecular formula is C8H8F3N5. The van der Waals surface area contributed by atoms with Crippen LogP contribution in [0.3, 0.4) is 0 Å². The summed E-state index contributed by atoms with van der Waals surface area (Å²) in [4.78, 5) is 10.5. The highest BCUT2D eigenvalue weighted by molar-refractivity contribution is 5.47. The van der Waals surface area contributed by atoms with Crippen molar-refractivity contribution in [2.45, 2.75) is 19.6 Å². The number of hydrogen-bond acceptors (Lipinski definition) is 3. The Hall–Kier alpha value is -1.86. The van der Waals surface area contributed by atoms with Gasteiger partial charge in [-0.15, -0.1) is 0 Å². The number of aromatic nitrogens is 5. The van der Waals surface area contributed by atoms with Gasteiger partial charge >= 0.3 is 6.18 Å². The Labute approximate surface area is 88.3 Å². The highest BCUT2D eigenvalue weighted by Crippen LogP contribution is 2.20. The number of nitrogens with one attached hydrogen (secondary N) is 1. The first-order valence-corrected chi connectivity index (χ1v) is 4.42. The normalized spacial score (nSPS) is 12.0. The molecule has 1 N–H and O–H groups in total. The lowest BCUT2D eigenvalue weighted by Crippen LogP contribution is -2.19. The quantitative estimate of drug-likeness (QED) is 0.852. The molecular weight excluding hydrogens is 223 g/mol. The first-order chi connectivity index (χ1) is 7.46. The summed E-state index contributed by atoms with van der Waals surface area (Å²) in [5.41, 5.74) is 0.416. The highest BCUT2D eigenvalue weighted by atomic mass is 19.4. The molecule has 0 saturated heterocycles. The lowest BCUT2D eigenvalue weighted by Gasteiger charge is -2.07. The molecule has 2 rings (SSSR count). The van der Waals surface area contributed by atoms with E-state index >= 15 is 0 Å². The van der Waals surface area contributed by atoms with Crippen LogP contribution in [-0.4, -0.2) is 30.9 Å². The largest absolute Gasteiger partial charge is 0.408 e. The van der Waals surface area contributed by atoms with E-state index in [4.69, 9.17) is 0 Å². The molecule has 2 aromatic rings. The van der Waals surface area contributed by atoms with Crippen LogP contribution in [0.25, 0.3) is 11.5 Å². The molecule has 0 spiro atoms. The van der Waals surface area contributed by atoms with Gasteiger partial charge in [-0.05, 0) is 6.92 Å². The van der Waals surface area contributed by atoms with Crippen LogP contribution in [0.4, 0.5) is 13.2 Å². The number of halogens is 3. The zero-order valence-electron chi connectivity index (χ0n) is 8.28. The van der Waals surface area contributed by atoms with Crippen LogP contribution in [0.1, 0.15) is 5.82 Å². The topological polar surface area (TPSA) is 59.4 Å². The Morgan fingerprint density at radius 1 is 1.38 bits per heavy atom. The van der Waals surface area contributed by atoms with Crippen LogP contribution >= 0.6 is 0 Å². The van der Waals surface area contributed by atoms with E-state index in [2.05, 4.69) is 20.1 Å². The second-order valence-electron chi connectivity index (χ2n) is 3.24. The van der Waals surface area contributed by atoms with Gasteiger partial charge in [0.15, 0.2) is 5.82 Å². The molecule has 5 nitrogen and oxygen atoms in total. The number of hydrogen-bond donors (Lipinski definition) is 1. The van der Waals surface area contributed by atoms with Gasteiger partial charge in [-0.1, -0.05) is 0 Å². The number of nitrogens with zero attached hydrogens (tertiary/aromatic N) is 4. The third-order valence-corrected chi connectivity index (χ3v) is 1.89. The minimum Gasteiger partial charge on any atom is -0.340 e. The molecule has 0 atom stereocenters. The molecule has 0 bridgehead atoms. The Balaban J connectivity index is 2.33. The fourth-order valence-electron chi connectivity index (χ4n) is 1.29. The molecule has 0 amide bonds. The third kappa shape index (κ3) is 2.20. The average Bonchev–Trinajstić information content (AvgIpc) is 2.71. The van der Waals surface area contributed by atoms with Crippen LogP contribution in [-0.2, 0) is 6.54 Å². The van der Waals surface area contributed by atoms with Crippen molar-refractivity contribution in [2.24, 2.45) is 0 Å². The van der Waals surface area contributed by atoms with Gasteiger partial charge in [0, 0.05) is 0 Å². The minimum atomic E-state index is -4.32. The molecule has 0 saturated carbocycles. The summed E-state index contributed by atoms with van der Waals surface area (Å²) in [6.45, 7) is 0.536. The average molecular weight is 231 g/mol. The Morgan fingerprint density at radius 2 is 2.12 bits per heavy atom. The van der Waals surface area contributed by atoms with Crippen molar-refractivity contribution >= 4 is 0 Å². The summed E-state index contributed by atoms with van der Waals surface area (Å²) in [6.07, 6.45) is -1.82. The van der Waals surface area contributed by atoms with E-state index in [0.29, 0.717) is 11.5 Å². The molecule has 0 unspecified atom stereocenters. The summed E-state index contributed by atoms with van der Waals surface area (Å²) < 4.78 is 37.4. The molecule has 0 aliphatic carbocycles. The molecule has 0 aromatic carbocycles. The molecule has 2 heterocycles. The fraction of sp³-hybridized carbons (Fsp3) is 0.375. The summed E-state index contributed by atoms with van der Waals surface area (Å²) in [7, 11) is 0. The first kappa shape index (κ1) is 10.7. The molecule has 86 valence electrons. The van der Waals surface area contributed by atoms with Crippen molar-refractivity contribution in [2.75, 3.05) is 0 Å². The fourth-order valence-corrected chi connectivity index (χ4v) is 1.29. The molecule has 16 heavy (non-hydrogen) atoms. The van der Waals surface area contributed by atoms with Crippen molar-refractivity contribution in [3.63, 3.8) is 0 Å². The lowest BCUT2D eigenvalue weighted by atomic mass is 10.4. The monoisotopic (exact) mass is 231 g/mol. The van der Waals surface area contributed by atoms with Crippen LogP contribution in [0.15, 0.2) is 12.5 Å². The van der Waals surface area contributed by atoms with Crippen LogP contribution in [0.2, 0.25) is 0 Å². The molecule has 2 aromatic heterocycles. The van der Waals surface area contributed by atoms with Crippen molar-refractivity contribution in [3.8, 4) is 11.5 Å². The van der Waals surface area contributed by atoms with Gasteiger partial charge in [-0.3, -0.25) is 0 Å². The minimum absolute atomic E-state index is 0.123. The van der Waals surface area contributed by atoms with Gasteiger partial charge in [-0.25, -0.2) is 14.6 Å². The lowest BCUT2D eigenvalue weighted by molar-refractivity contribution is -0.142. The molecule has 0 fully saturated rings. The third-order valence-electron chi connectivity index (χ3n) is 1.89. The number of imidazole rings is 1.